The van der Waals surface area contributed by atoms with Crippen LogP contribution in [0.1, 0.15) is 71.3 Å². The maximum Gasteiger partial charge on any atom is 0.263 e. The van der Waals surface area contributed by atoms with Crippen molar-refractivity contribution in [3.63, 3.8) is 0 Å². The van der Waals surface area contributed by atoms with Gasteiger partial charge in [0, 0.05) is 17.7 Å². The first-order valence-electron chi connectivity index (χ1n) is 10.1. The van der Waals surface area contributed by atoms with Crippen LogP contribution in [0.25, 0.3) is 0 Å². The zero-order valence-electron chi connectivity index (χ0n) is 17.7. The summed E-state index contributed by atoms with van der Waals surface area (Å²) in [5.41, 5.74) is 4.48. The van der Waals surface area contributed by atoms with Crippen LogP contribution in [0.5, 0.6) is 0 Å². The van der Waals surface area contributed by atoms with Crippen LogP contribution in [0.2, 0.25) is 0 Å². The van der Waals surface area contributed by atoms with Gasteiger partial charge in [-0.15, -0.1) is 6.58 Å². The predicted octanol–water partition coefficient (Wildman–Crippen LogP) is 5.31. The van der Waals surface area contributed by atoms with E-state index in [4.69, 9.17) is 4.42 Å². The van der Waals surface area contributed by atoms with Crippen LogP contribution in [0.3, 0.4) is 0 Å². The molecule has 1 aromatic carbocycles. The largest absolute Gasteiger partial charge is 0.465 e. The third kappa shape index (κ3) is 4.44. The molecule has 0 saturated carbocycles. The number of hydrogen-bond acceptors (Lipinski definition) is 3. The monoisotopic (exact) mass is 381 g/mol. The van der Waals surface area contributed by atoms with Gasteiger partial charge in [-0.25, -0.2) is 0 Å². The van der Waals surface area contributed by atoms with Crippen molar-refractivity contribution in [2.24, 2.45) is 0 Å². The van der Waals surface area contributed by atoms with E-state index in [1.54, 1.807) is 13.8 Å². The summed E-state index contributed by atoms with van der Waals surface area (Å²) in [4.78, 5) is 26.0. The number of carbonyl (C=O) groups is 1. The standard InChI is InChI=1S/C24H31NO3/c1-7-11-17-13-18(9-3)22(19(10-4)14-17)25-24(27)21-20(12-8-2)28-16(6)15(5)23(21)26/h7,13-14H,1,8-12H2,2-6H3,(H,25,27). The molecule has 0 unspecified atom stereocenters. The van der Waals surface area contributed by atoms with E-state index in [0.29, 0.717) is 23.5 Å². The number of nitrogens with one attached hydrogen (secondary N) is 1. The van der Waals surface area contributed by atoms with Gasteiger partial charge in [0.05, 0.1) is 0 Å². The Bertz CT molecular complexity index is 913. The lowest BCUT2D eigenvalue weighted by Gasteiger charge is -2.17. The first-order valence-corrected chi connectivity index (χ1v) is 10.1. The third-order valence-electron chi connectivity index (χ3n) is 5.10. The second-order valence-corrected chi connectivity index (χ2v) is 7.10. The molecule has 1 heterocycles. The van der Waals surface area contributed by atoms with E-state index in [9.17, 15) is 9.59 Å². The zero-order valence-corrected chi connectivity index (χ0v) is 17.7. The van der Waals surface area contributed by atoms with Crippen LogP contribution in [0, 0.1) is 13.8 Å². The summed E-state index contributed by atoms with van der Waals surface area (Å²) in [5, 5.41) is 3.03. The van der Waals surface area contributed by atoms with Crippen LogP contribution >= 0.6 is 0 Å². The summed E-state index contributed by atoms with van der Waals surface area (Å²) in [7, 11) is 0. The average molecular weight is 382 g/mol. The summed E-state index contributed by atoms with van der Waals surface area (Å²) in [6.07, 6.45) is 5.59. The molecule has 2 aromatic rings. The van der Waals surface area contributed by atoms with Crippen molar-refractivity contribution in [2.45, 2.75) is 66.7 Å². The average Bonchev–Trinajstić information content (AvgIpc) is 2.67. The van der Waals surface area contributed by atoms with Crippen molar-refractivity contribution in [1.29, 1.82) is 0 Å². The van der Waals surface area contributed by atoms with Crippen molar-refractivity contribution in [2.75, 3.05) is 5.32 Å². The van der Waals surface area contributed by atoms with Gasteiger partial charge in [-0.2, -0.15) is 0 Å². The van der Waals surface area contributed by atoms with Gasteiger partial charge in [-0.1, -0.05) is 39.0 Å². The molecule has 0 saturated heterocycles. The number of hydrogen-bond donors (Lipinski definition) is 1. The van der Waals surface area contributed by atoms with E-state index >= 15 is 0 Å². The molecular weight excluding hydrogens is 350 g/mol. The van der Waals surface area contributed by atoms with Crippen molar-refractivity contribution in [3.8, 4) is 0 Å². The Morgan fingerprint density at radius 2 is 1.75 bits per heavy atom. The number of anilines is 1. The molecule has 4 nitrogen and oxygen atoms in total. The lowest BCUT2D eigenvalue weighted by Crippen LogP contribution is -2.26. The maximum atomic E-state index is 13.2. The minimum atomic E-state index is -0.388. The molecule has 150 valence electrons. The minimum absolute atomic E-state index is 0.129. The molecule has 0 atom stereocenters. The van der Waals surface area contributed by atoms with Crippen LogP contribution in [-0.4, -0.2) is 5.91 Å². The van der Waals surface area contributed by atoms with Crippen LogP contribution < -0.4 is 10.7 Å². The van der Waals surface area contributed by atoms with E-state index in [-0.39, 0.29) is 16.9 Å². The molecule has 0 fully saturated rings. The van der Waals surface area contributed by atoms with E-state index in [2.05, 4.69) is 37.9 Å². The number of allylic oxidation sites excluding steroid dienone is 1. The number of carbonyl (C=O) groups excluding carboxylic acids is 1. The fourth-order valence-electron chi connectivity index (χ4n) is 3.44. The second kappa shape index (κ2) is 9.54. The van der Waals surface area contributed by atoms with Gasteiger partial charge in [0.2, 0.25) is 5.43 Å². The molecule has 28 heavy (non-hydrogen) atoms. The molecule has 1 amide bonds. The van der Waals surface area contributed by atoms with E-state index in [0.717, 1.165) is 42.5 Å². The smallest absolute Gasteiger partial charge is 0.263 e. The maximum absolute atomic E-state index is 13.2. The number of amides is 1. The summed E-state index contributed by atoms with van der Waals surface area (Å²) < 4.78 is 5.81. The Kier molecular flexibility index (Phi) is 7.38. The molecule has 0 aliphatic heterocycles. The molecule has 0 radical (unpaired) electrons. The van der Waals surface area contributed by atoms with Crippen molar-refractivity contribution < 1.29 is 9.21 Å². The fraction of sp³-hybridized carbons (Fsp3) is 0.417. The Hall–Kier alpha value is -2.62. The van der Waals surface area contributed by atoms with E-state index in [1.165, 1.54) is 5.56 Å². The molecule has 1 aromatic heterocycles. The molecule has 2 rings (SSSR count). The second-order valence-electron chi connectivity index (χ2n) is 7.10. The summed E-state index contributed by atoms with van der Waals surface area (Å²) >= 11 is 0. The number of rotatable bonds is 8. The van der Waals surface area contributed by atoms with Crippen molar-refractivity contribution in [3.05, 3.63) is 74.3 Å². The third-order valence-corrected chi connectivity index (χ3v) is 5.10. The minimum Gasteiger partial charge on any atom is -0.465 e. The molecule has 0 bridgehead atoms. The highest BCUT2D eigenvalue weighted by Gasteiger charge is 2.22. The van der Waals surface area contributed by atoms with Gasteiger partial charge < -0.3 is 9.73 Å². The first kappa shape index (κ1) is 21.7. The lowest BCUT2D eigenvalue weighted by atomic mass is 9.97. The first-order chi connectivity index (χ1) is 13.4. The van der Waals surface area contributed by atoms with Gasteiger partial charge in [-0.3, -0.25) is 9.59 Å². The summed E-state index contributed by atoms with van der Waals surface area (Å²) in [5.74, 6) is 0.649. The predicted molar refractivity (Wildman–Crippen MR) is 115 cm³/mol. The topological polar surface area (TPSA) is 59.3 Å². The van der Waals surface area contributed by atoms with Crippen molar-refractivity contribution in [1.82, 2.24) is 0 Å². The quantitative estimate of drug-likeness (QED) is 0.630. The van der Waals surface area contributed by atoms with Gasteiger partial charge in [0.15, 0.2) is 0 Å². The highest BCUT2D eigenvalue weighted by Crippen LogP contribution is 2.26. The molecular formula is C24H31NO3. The van der Waals surface area contributed by atoms with Crippen LogP contribution in [0.4, 0.5) is 5.69 Å². The molecule has 0 aliphatic carbocycles. The molecule has 0 aliphatic rings. The van der Waals surface area contributed by atoms with E-state index in [1.807, 2.05) is 13.0 Å². The normalized spacial score (nSPS) is 10.8. The van der Waals surface area contributed by atoms with Gasteiger partial charge >= 0.3 is 0 Å². The fourth-order valence-corrected chi connectivity index (χ4v) is 3.44. The summed E-state index contributed by atoms with van der Waals surface area (Å²) in [6, 6.07) is 4.21. The Labute approximate surface area is 167 Å². The van der Waals surface area contributed by atoms with Gasteiger partial charge in [0.1, 0.15) is 17.1 Å². The molecule has 4 heteroatoms. The molecule has 1 N–H and O–H groups in total. The van der Waals surface area contributed by atoms with E-state index < -0.39 is 0 Å². The van der Waals surface area contributed by atoms with Gasteiger partial charge in [0.25, 0.3) is 5.91 Å². The van der Waals surface area contributed by atoms with Crippen LogP contribution in [-0.2, 0) is 25.7 Å². The highest BCUT2D eigenvalue weighted by atomic mass is 16.3. The Morgan fingerprint density at radius 3 is 2.25 bits per heavy atom. The van der Waals surface area contributed by atoms with Gasteiger partial charge in [-0.05, 0) is 56.2 Å². The Morgan fingerprint density at radius 1 is 1.14 bits per heavy atom. The highest BCUT2D eigenvalue weighted by molar-refractivity contribution is 6.05. The number of aryl methyl sites for hydroxylation is 4. The lowest BCUT2D eigenvalue weighted by molar-refractivity contribution is 0.102. The zero-order chi connectivity index (χ0) is 20.8. The van der Waals surface area contributed by atoms with Crippen molar-refractivity contribution >= 4 is 11.6 Å². The Balaban J connectivity index is 2.55. The SMILES string of the molecule is C=CCc1cc(CC)c(NC(=O)c2c(CCC)oc(C)c(C)c2=O)c(CC)c1. The van der Waals surface area contributed by atoms with Crippen LogP contribution in [0.15, 0.2) is 34.0 Å². The summed E-state index contributed by atoms with van der Waals surface area (Å²) in [6.45, 7) is 13.4. The number of benzene rings is 1. The molecule has 0 spiro atoms.